The van der Waals surface area contributed by atoms with E-state index in [0.29, 0.717) is 12.1 Å². The predicted octanol–water partition coefficient (Wildman–Crippen LogP) is 4.31. The summed E-state index contributed by atoms with van der Waals surface area (Å²) < 4.78 is 44.6. The number of esters is 1. The van der Waals surface area contributed by atoms with Crippen LogP contribution >= 0.6 is 0 Å². The summed E-state index contributed by atoms with van der Waals surface area (Å²) in [5.41, 5.74) is 2.20. The van der Waals surface area contributed by atoms with Crippen molar-refractivity contribution in [3.8, 4) is 0 Å². The molecule has 1 heterocycles. The lowest BCUT2D eigenvalue weighted by molar-refractivity contribution is -0.164. The second-order valence-corrected chi connectivity index (χ2v) is 7.05. The number of allylic oxidation sites excluding steroid dienone is 1. The Balaban J connectivity index is 1.68. The first-order valence-electron chi connectivity index (χ1n) is 9.96. The van der Waals surface area contributed by atoms with Gasteiger partial charge in [0.15, 0.2) is 0 Å². The average molecular weight is 432 g/mol. The van der Waals surface area contributed by atoms with Crippen LogP contribution in [0.25, 0.3) is 5.57 Å². The van der Waals surface area contributed by atoms with Crippen molar-refractivity contribution >= 4 is 23.0 Å². The number of hydrogen-bond acceptors (Lipinski definition) is 5. The summed E-state index contributed by atoms with van der Waals surface area (Å²) in [5.74, 6) is -2.41. The number of nitrogens with one attached hydrogen (secondary N) is 1. The zero-order valence-electron chi connectivity index (χ0n) is 17.0. The summed E-state index contributed by atoms with van der Waals surface area (Å²) in [5, 5.41) is 3.21. The molecule has 0 radical (unpaired) electrons. The summed E-state index contributed by atoms with van der Waals surface area (Å²) in [6.45, 7) is 3.03. The van der Waals surface area contributed by atoms with Crippen LogP contribution in [0.1, 0.15) is 28.4 Å². The van der Waals surface area contributed by atoms with E-state index in [9.17, 15) is 22.8 Å². The molecule has 0 unspecified atom stereocenters. The molecule has 0 fully saturated rings. The van der Waals surface area contributed by atoms with Crippen LogP contribution in [0.3, 0.4) is 0 Å². The molecule has 0 aliphatic carbocycles. The highest BCUT2D eigenvalue weighted by atomic mass is 19.4. The van der Waals surface area contributed by atoms with Gasteiger partial charge >= 0.3 is 12.1 Å². The number of ether oxygens (including phenoxy) is 1. The van der Waals surface area contributed by atoms with Gasteiger partial charge in [0.05, 0.1) is 17.7 Å². The van der Waals surface area contributed by atoms with Crippen molar-refractivity contribution in [1.82, 2.24) is 4.90 Å². The van der Waals surface area contributed by atoms with E-state index in [4.69, 9.17) is 4.74 Å². The van der Waals surface area contributed by atoms with Crippen LogP contribution in [-0.2, 0) is 16.0 Å². The molecule has 0 saturated heterocycles. The molecule has 0 saturated carbocycles. The summed E-state index contributed by atoms with van der Waals surface area (Å²) in [7, 11) is 0. The number of rotatable bonds is 8. The summed E-state index contributed by atoms with van der Waals surface area (Å²) in [6, 6.07) is 13.0. The maximum absolute atomic E-state index is 13.1. The molecule has 0 spiro atoms. The first-order chi connectivity index (χ1) is 14.8. The zero-order valence-corrected chi connectivity index (χ0v) is 17.0. The minimum atomic E-state index is -4.99. The third kappa shape index (κ3) is 5.65. The van der Waals surface area contributed by atoms with Gasteiger partial charge < -0.3 is 15.0 Å². The minimum absolute atomic E-state index is 0.0270. The van der Waals surface area contributed by atoms with Gasteiger partial charge in [-0.2, -0.15) is 13.2 Å². The SMILES string of the molecule is CCN(/C=C(\C(=O)C(F)(F)F)c1ccccc1)CCOC(=O)c1ccc2c(c1)CCN2. The molecule has 2 aromatic rings. The number of halogens is 3. The number of nitrogens with zero attached hydrogens (tertiary/aromatic N) is 1. The Bertz CT molecular complexity index is 972. The number of likely N-dealkylation sites (N-methyl/N-ethyl adjacent to an activating group) is 1. The van der Waals surface area contributed by atoms with E-state index in [1.165, 1.54) is 23.2 Å². The monoisotopic (exact) mass is 432 g/mol. The Kier molecular flexibility index (Phi) is 6.99. The molecule has 0 aromatic heterocycles. The number of carbonyl (C=O) groups is 2. The molecule has 2 aromatic carbocycles. The highest BCUT2D eigenvalue weighted by molar-refractivity contribution is 6.23. The predicted molar refractivity (Wildman–Crippen MR) is 112 cm³/mol. The topological polar surface area (TPSA) is 58.6 Å². The number of ketones is 1. The van der Waals surface area contributed by atoms with Gasteiger partial charge in [0.25, 0.3) is 5.78 Å². The van der Waals surface area contributed by atoms with Crippen LogP contribution in [0.2, 0.25) is 0 Å². The largest absolute Gasteiger partial charge is 0.460 e. The standard InChI is InChI=1S/C23H23F3N2O3/c1-2-28(15-19(21(29)23(24,25)26)16-6-4-3-5-7-16)12-13-31-22(30)18-8-9-20-17(14-18)10-11-27-20/h3-9,14-15,27H,2,10-13H2,1H3/b19-15-. The van der Waals surface area contributed by atoms with Crippen molar-refractivity contribution in [3.63, 3.8) is 0 Å². The van der Waals surface area contributed by atoms with E-state index in [2.05, 4.69) is 5.32 Å². The number of anilines is 1. The van der Waals surface area contributed by atoms with Gasteiger partial charge in [0.2, 0.25) is 0 Å². The fourth-order valence-corrected chi connectivity index (χ4v) is 3.30. The van der Waals surface area contributed by atoms with Gasteiger partial charge in [-0.1, -0.05) is 30.3 Å². The van der Waals surface area contributed by atoms with Gasteiger partial charge in [-0.3, -0.25) is 4.79 Å². The van der Waals surface area contributed by atoms with Crippen molar-refractivity contribution in [1.29, 1.82) is 0 Å². The van der Waals surface area contributed by atoms with Crippen LogP contribution in [0.15, 0.2) is 54.7 Å². The highest BCUT2D eigenvalue weighted by Crippen LogP contribution is 2.27. The van der Waals surface area contributed by atoms with E-state index in [0.717, 1.165) is 24.2 Å². The second-order valence-electron chi connectivity index (χ2n) is 7.05. The Labute approximate surface area is 178 Å². The van der Waals surface area contributed by atoms with E-state index in [-0.39, 0.29) is 18.7 Å². The molecule has 1 aliphatic rings. The number of fused-ring (bicyclic) bond motifs is 1. The highest BCUT2D eigenvalue weighted by Gasteiger charge is 2.41. The molecule has 1 N–H and O–H groups in total. The lowest BCUT2D eigenvalue weighted by Crippen LogP contribution is -2.28. The Morgan fingerprint density at radius 1 is 1.13 bits per heavy atom. The van der Waals surface area contributed by atoms with Crippen molar-refractivity contribution in [3.05, 3.63) is 71.4 Å². The van der Waals surface area contributed by atoms with Crippen molar-refractivity contribution in [2.75, 3.05) is 31.6 Å². The Morgan fingerprint density at radius 2 is 1.87 bits per heavy atom. The van der Waals surface area contributed by atoms with Gasteiger partial charge in [0.1, 0.15) is 6.61 Å². The molecular formula is C23H23F3N2O3. The Morgan fingerprint density at radius 3 is 2.55 bits per heavy atom. The summed E-state index contributed by atoms with van der Waals surface area (Å²) in [4.78, 5) is 25.8. The second kappa shape index (κ2) is 9.68. The molecule has 0 atom stereocenters. The molecule has 1 aliphatic heterocycles. The van der Waals surface area contributed by atoms with E-state index in [1.807, 2.05) is 6.07 Å². The lowest BCUT2D eigenvalue weighted by atomic mass is 10.0. The van der Waals surface area contributed by atoms with Crippen LogP contribution in [-0.4, -0.2) is 49.1 Å². The fourth-order valence-electron chi connectivity index (χ4n) is 3.30. The van der Waals surface area contributed by atoms with Crippen LogP contribution in [0.5, 0.6) is 0 Å². The van der Waals surface area contributed by atoms with Crippen molar-refractivity contribution in [2.24, 2.45) is 0 Å². The van der Waals surface area contributed by atoms with Gasteiger partial charge in [-0.05, 0) is 42.7 Å². The summed E-state index contributed by atoms with van der Waals surface area (Å²) >= 11 is 0. The zero-order chi connectivity index (χ0) is 22.4. The average Bonchev–Trinajstić information content (AvgIpc) is 3.23. The quantitative estimate of drug-likeness (QED) is 0.498. The van der Waals surface area contributed by atoms with Gasteiger partial charge in [-0.25, -0.2) is 4.79 Å². The summed E-state index contributed by atoms with van der Waals surface area (Å²) in [6.07, 6.45) is -2.98. The maximum atomic E-state index is 13.1. The molecule has 164 valence electrons. The number of hydrogen-bond donors (Lipinski definition) is 1. The van der Waals surface area contributed by atoms with Gasteiger partial charge in [0, 0.05) is 25.0 Å². The molecule has 8 heteroatoms. The van der Waals surface area contributed by atoms with E-state index >= 15 is 0 Å². The van der Waals surface area contributed by atoms with Crippen LogP contribution in [0.4, 0.5) is 18.9 Å². The van der Waals surface area contributed by atoms with Gasteiger partial charge in [-0.15, -0.1) is 0 Å². The Hall–Kier alpha value is -3.29. The van der Waals surface area contributed by atoms with Crippen molar-refractivity contribution in [2.45, 2.75) is 19.5 Å². The third-order valence-electron chi connectivity index (χ3n) is 4.97. The normalized spacial score (nSPS) is 13.4. The van der Waals surface area contributed by atoms with E-state index in [1.54, 1.807) is 37.3 Å². The molecule has 5 nitrogen and oxygen atoms in total. The molecule has 0 bridgehead atoms. The number of alkyl halides is 3. The number of carbonyl (C=O) groups excluding carboxylic acids is 2. The lowest BCUT2D eigenvalue weighted by Gasteiger charge is -2.21. The number of Topliss-reactive ketones (excluding diaryl/α,β-unsaturated/α-hetero) is 1. The molecule has 31 heavy (non-hydrogen) atoms. The van der Waals surface area contributed by atoms with Crippen LogP contribution < -0.4 is 5.32 Å². The molecule has 0 amide bonds. The number of benzene rings is 2. The fraction of sp³-hybridized carbons (Fsp3) is 0.304. The first kappa shape index (κ1) is 22.4. The smallest absolute Gasteiger partial charge is 0.454 e. The maximum Gasteiger partial charge on any atom is 0.454 e. The first-order valence-corrected chi connectivity index (χ1v) is 9.96. The molecular weight excluding hydrogens is 409 g/mol. The van der Waals surface area contributed by atoms with E-state index < -0.39 is 23.5 Å². The third-order valence-corrected chi connectivity index (χ3v) is 4.97. The van der Waals surface area contributed by atoms with Crippen molar-refractivity contribution < 1.29 is 27.5 Å². The molecule has 3 rings (SSSR count). The minimum Gasteiger partial charge on any atom is -0.460 e. The van der Waals surface area contributed by atoms with Crippen LogP contribution in [0, 0.1) is 0 Å².